The van der Waals surface area contributed by atoms with Crippen LogP contribution in [-0.4, -0.2) is 35.7 Å². The van der Waals surface area contributed by atoms with Crippen LogP contribution in [0, 0.1) is 0 Å². The summed E-state index contributed by atoms with van der Waals surface area (Å²) in [5.74, 6) is 0. The molecule has 0 unspecified atom stereocenters. The number of hydrogen-bond donors (Lipinski definition) is 2. The van der Waals surface area contributed by atoms with Gasteiger partial charge in [-0.15, -0.1) is 0 Å². The van der Waals surface area contributed by atoms with Gasteiger partial charge in [0, 0.05) is 11.3 Å². The average Bonchev–Trinajstić information content (AvgIpc) is 2.34. The molecule has 5 heteroatoms. The Morgan fingerprint density at radius 1 is 1.35 bits per heavy atom. The fraction of sp³-hybridized carbons (Fsp3) is 0.467. The first-order valence-corrected chi connectivity index (χ1v) is 6.55. The monoisotopic (exact) mass is 278 g/mol. The van der Waals surface area contributed by atoms with Gasteiger partial charge >= 0.3 is 6.09 Å². The highest BCUT2D eigenvalue weighted by molar-refractivity contribution is 6.05. The number of para-hydroxylation sites is 1. The van der Waals surface area contributed by atoms with E-state index < -0.39 is 11.7 Å². The van der Waals surface area contributed by atoms with Crippen molar-refractivity contribution in [3.05, 3.63) is 29.8 Å². The third-order valence-corrected chi connectivity index (χ3v) is 2.40. The molecular weight excluding hydrogens is 256 g/mol. The van der Waals surface area contributed by atoms with Crippen molar-refractivity contribution in [2.75, 3.05) is 18.5 Å². The molecule has 5 nitrogen and oxygen atoms in total. The van der Waals surface area contributed by atoms with E-state index in [2.05, 4.69) is 10.3 Å². The molecule has 0 atom stereocenters. The highest BCUT2D eigenvalue weighted by Gasteiger charge is 2.17. The second-order valence-corrected chi connectivity index (χ2v) is 5.36. The van der Waals surface area contributed by atoms with Crippen molar-refractivity contribution in [3.63, 3.8) is 0 Å². The summed E-state index contributed by atoms with van der Waals surface area (Å²) in [5, 5.41) is 11.5. The van der Waals surface area contributed by atoms with Crippen molar-refractivity contribution in [1.29, 1.82) is 0 Å². The summed E-state index contributed by atoms with van der Waals surface area (Å²) < 4.78 is 5.23. The summed E-state index contributed by atoms with van der Waals surface area (Å²) in [6.07, 6.45) is -0.500. The highest BCUT2D eigenvalue weighted by Crippen LogP contribution is 2.18. The maximum Gasteiger partial charge on any atom is 0.412 e. The number of nitrogens with zero attached hydrogens (tertiary/aromatic N) is 1. The van der Waals surface area contributed by atoms with Gasteiger partial charge in [-0.25, -0.2) is 4.79 Å². The van der Waals surface area contributed by atoms with E-state index in [0.29, 0.717) is 12.2 Å². The molecule has 0 bridgehead atoms. The number of aliphatic imine (C=N–C) groups is 1. The lowest BCUT2D eigenvalue weighted by Gasteiger charge is -2.20. The summed E-state index contributed by atoms with van der Waals surface area (Å²) >= 11 is 0. The number of aliphatic hydroxyl groups is 1. The molecule has 0 radical (unpaired) electrons. The molecule has 0 aliphatic carbocycles. The zero-order valence-electron chi connectivity index (χ0n) is 12.4. The molecule has 0 fully saturated rings. The van der Waals surface area contributed by atoms with E-state index in [1.807, 2.05) is 45.9 Å². The molecule has 0 aromatic heterocycles. The normalized spacial score (nSPS) is 12.2. The molecule has 1 rings (SSSR count). The Hall–Kier alpha value is -1.88. The Labute approximate surface area is 119 Å². The molecule has 1 amide bonds. The van der Waals surface area contributed by atoms with Crippen LogP contribution in [0.25, 0.3) is 0 Å². The number of aliphatic hydroxyl groups excluding tert-OH is 1. The van der Waals surface area contributed by atoms with E-state index in [0.717, 1.165) is 11.3 Å². The molecule has 2 N–H and O–H groups in total. The van der Waals surface area contributed by atoms with E-state index in [1.54, 1.807) is 6.07 Å². The van der Waals surface area contributed by atoms with Crippen LogP contribution in [-0.2, 0) is 4.74 Å². The van der Waals surface area contributed by atoms with E-state index in [-0.39, 0.29) is 6.61 Å². The largest absolute Gasteiger partial charge is 0.444 e. The maximum absolute atomic E-state index is 11.8. The van der Waals surface area contributed by atoms with E-state index in [1.165, 1.54) is 0 Å². The van der Waals surface area contributed by atoms with Gasteiger partial charge in [-0.05, 0) is 33.8 Å². The Morgan fingerprint density at radius 3 is 2.60 bits per heavy atom. The quantitative estimate of drug-likeness (QED) is 0.832. The van der Waals surface area contributed by atoms with Gasteiger partial charge in [-0.3, -0.25) is 10.3 Å². The Kier molecular flexibility index (Phi) is 5.70. The molecule has 110 valence electrons. The number of carbonyl (C=O) groups excluding carboxylic acids is 1. The van der Waals surface area contributed by atoms with Crippen molar-refractivity contribution >= 4 is 17.5 Å². The minimum absolute atomic E-state index is 0.000991. The first-order valence-electron chi connectivity index (χ1n) is 6.55. The van der Waals surface area contributed by atoms with Crippen LogP contribution < -0.4 is 5.32 Å². The fourth-order valence-corrected chi connectivity index (χ4v) is 1.62. The van der Waals surface area contributed by atoms with Crippen LogP contribution in [0.1, 0.15) is 33.3 Å². The first kappa shape index (κ1) is 16.2. The van der Waals surface area contributed by atoms with Crippen LogP contribution in [0.2, 0.25) is 0 Å². The Bertz CT molecular complexity index is 490. The third kappa shape index (κ3) is 5.40. The molecule has 0 aliphatic rings. The molecule has 0 saturated carbocycles. The van der Waals surface area contributed by atoms with Gasteiger partial charge in [-0.1, -0.05) is 18.2 Å². The van der Waals surface area contributed by atoms with E-state index in [4.69, 9.17) is 9.84 Å². The number of anilines is 1. The standard InChI is InChI=1S/C15H22N2O3/c1-11(16-9-10-18)12-7-5-6-8-13(12)17-14(19)20-15(2,3)4/h5-8,18H,9-10H2,1-4H3,(H,17,19)/b16-11-. The van der Waals surface area contributed by atoms with Crippen molar-refractivity contribution < 1.29 is 14.6 Å². The van der Waals surface area contributed by atoms with Crippen LogP contribution in [0.15, 0.2) is 29.3 Å². The number of rotatable bonds is 4. The highest BCUT2D eigenvalue weighted by atomic mass is 16.6. The maximum atomic E-state index is 11.8. The number of nitrogens with one attached hydrogen (secondary N) is 1. The predicted molar refractivity (Wildman–Crippen MR) is 80.5 cm³/mol. The van der Waals surface area contributed by atoms with Gasteiger partial charge in [0.25, 0.3) is 0 Å². The molecule has 1 aromatic carbocycles. The first-order chi connectivity index (χ1) is 9.33. The molecule has 20 heavy (non-hydrogen) atoms. The van der Waals surface area contributed by atoms with Crippen LogP contribution in [0.4, 0.5) is 10.5 Å². The van der Waals surface area contributed by atoms with Crippen molar-refractivity contribution in [2.24, 2.45) is 4.99 Å². The lowest BCUT2D eigenvalue weighted by atomic mass is 10.1. The van der Waals surface area contributed by atoms with E-state index in [9.17, 15) is 4.79 Å². The average molecular weight is 278 g/mol. The molecule has 0 aliphatic heterocycles. The van der Waals surface area contributed by atoms with E-state index >= 15 is 0 Å². The van der Waals surface area contributed by atoms with Gasteiger partial charge in [0.15, 0.2) is 0 Å². The summed E-state index contributed by atoms with van der Waals surface area (Å²) in [6.45, 7) is 7.61. The molecular formula is C15H22N2O3. The van der Waals surface area contributed by atoms with Gasteiger partial charge in [0.1, 0.15) is 5.60 Å². The number of hydrogen-bond acceptors (Lipinski definition) is 4. The second-order valence-electron chi connectivity index (χ2n) is 5.36. The summed E-state index contributed by atoms with van der Waals surface area (Å²) in [7, 11) is 0. The van der Waals surface area contributed by atoms with Crippen LogP contribution >= 0.6 is 0 Å². The smallest absolute Gasteiger partial charge is 0.412 e. The lowest BCUT2D eigenvalue weighted by Crippen LogP contribution is -2.27. The Morgan fingerprint density at radius 2 is 2.00 bits per heavy atom. The minimum Gasteiger partial charge on any atom is -0.444 e. The van der Waals surface area contributed by atoms with Gasteiger partial charge in [0.05, 0.1) is 18.8 Å². The second kappa shape index (κ2) is 7.05. The van der Waals surface area contributed by atoms with Crippen molar-refractivity contribution in [1.82, 2.24) is 0 Å². The molecule has 1 aromatic rings. The summed E-state index contributed by atoms with van der Waals surface area (Å²) in [6, 6.07) is 7.35. The van der Waals surface area contributed by atoms with Crippen LogP contribution in [0.5, 0.6) is 0 Å². The van der Waals surface area contributed by atoms with Gasteiger partial charge in [-0.2, -0.15) is 0 Å². The third-order valence-electron chi connectivity index (χ3n) is 2.40. The minimum atomic E-state index is -0.543. The predicted octanol–water partition coefficient (Wildman–Crippen LogP) is 2.83. The summed E-state index contributed by atoms with van der Waals surface area (Å²) in [5.41, 5.74) is 1.66. The molecule has 0 heterocycles. The molecule has 0 saturated heterocycles. The lowest BCUT2D eigenvalue weighted by molar-refractivity contribution is 0.0636. The van der Waals surface area contributed by atoms with Crippen LogP contribution in [0.3, 0.4) is 0 Å². The van der Waals surface area contributed by atoms with Gasteiger partial charge < -0.3 is 9.84 Å². The number of carbonyl (C=O) groups is 1. The van der Waals surface area contributed by atoms with Gasteiger partial charge in [0.2, 0.25) is 0 Å². The topological polar surface area (TPSA) is 70.9 Å². The van der Waals surface area contributed by atoms with Crippen molar-refractivity contribution in [2.45, 2.75) is 33.3 Å². The Balaban J connectivity index is 2.88. The molecule has 0 spiro atoms. The van der Waals surface area contributed by atoms with Crippen molar-refractivity contribution in [3.8, 4) is 0 Å². The summed E-state index contributed by atoms with van der Waals surface area (Å²) in [4.78, 5) is 16.0. The fourth-order valence-electron chi connectivity index (χ4n) is 1.62. The zero-order valence-corrected chi connectivity index (χ0v) is 12.4. The SMILES string of the molecule is C/C(=N/CCO)c1ccccc1NC(=O)OC(C)(C)C. The number of amides is 1. The number of ether oxygens (including phenoxy) is 1. The zero-order chi connectivity index (χ0) is 15.2. The number of benzene rings is 1.